The quantitative estimate of drug-likeness (QED) is 0.633. The minimum Gasteiger partial charge on any atom is -0.350 e. The molecule has 0 saturated carbocycles. The molecule has 3 heterocycles. The van der Waals surface area contributed by atoms with Crippen molar-refractivity contribution in [3.8, 4) is 5.69 Å². The highest BCUT2D eigenvalue weighted by Gasteiger charge is 2.25. The van der Waals surface area contributed by atoms with Gasteiger partial charge in [-0.2, -0.15) is 5.10 Å². The summed E-state index contributed by atoms with van der Waals surface area (Å²) in [7, 11) is 0. The van der Waals surface area contributed by atoms with Crippen LogP contribution in [0.15, 0.2) is 48.0 Å². The molecule has 1 atom stereocenters. The van der Waals surface area contributed by atoms with Crippen LogP contribution in [0.4, 0.5) is 4.39 Å². The van der Waals surface area contributed by atoms with E-state index in [1.54, 1.807) is 34.3 Å². The Hall–Kier alpha value is -2.51. The second-order valence-electron chi connectivity index (χ2n) is 7.23. The van der Waals surface area contributed by atoms with Crippen LogP contribution in [0.2, 0.25) is 0 Å². The van der Waals surface area contributed by atoms with Gasteiger partial charge in [-0.3, -0.25) is 9.69 Å². The number of hydrogen-bond acceptors (Lipinski definition) is 4. The fourth-order valence-corrected chi connectivity index (χ4v) is 4.80. The van der Waals surface area contributed by atoms with Crippen LogP contribution < -0.4 is 5.32 Å². The predicted octanol–water partition coefficient (Wildman–Crippen LogP) is 4.20. The van der Waals surface area contributed by atoms with Crippen LogP contribution in [0.3, 0.4) is 0 Å². The number of carbonyl (C=O) groups excluding carboxylic acids is 1. The number of amides is 1. The molecule has 0 spiro atoms. The second-order valence-corrected chi connectivity index (χ2v) is 8.21. The van der Waals surface area contributed by atoms with Crippen LogP contribution in [0.5, 0.6) is 0 Å². The summed E-state index contributed by atoms with van der Waals surface area (Å²) in [5.41, 5.74) is 2.14. The summed E-state index contributed by atoms with van der Waals surface area (Å²) < 4.78 is 15.0. The third kappa shape index (κ3) is 4.26. The number of nitrogens with zero attached hydrogens (tertiary/aromatic N) is 3. The standard InChI is InChI=1S/C22H25FN4OS/c1-2-19-18(14-25-27(19)17-9-7-16(23)8-10-17)22(28)24-15-20(21-6-5-13-29-21)26-11-3-4-12-26/h5-10,13-14,20H,2-4,11-12,15H2,1H3,(H,24,28). The Morgan fingerprint density at radius 2 is 2.00 bits per heavy atom. The van der Waals surface area contributed by atoms with E-state index in [1.807, 2.05) is 6.92 Å². The number of rotatable bonds is 7. The molecule has 4 rings (SSSR count). The summed E-state index contributed by atoms with van der Waals surface area (Å²) in [6.45, 7) is 4.71. The molecule has 1 aliphatic heterocycles. The molecule has 0 aliphatic carbocycles. The largest absolute Gasteiger partial charge is 0.350 e. The van der Waals surface area contributed by atoms with Gasteiger partial charge >= 0.3 is 0 Å². The van der Waals surface area contributed by atoms with E-state index in [0.29, 0.717) is 18.5 Å². The molecule has 5 nitrogen and oxygen atoms in total. The van der Waals surface area contributed by atoms with Crippen molar-refractivity contribution < 1.29 is 9.18 Å². The highest BCUT2D eigenvalue weighted by Crippen LogP contribution is 2.28. The van der Waals surface area contributed by atoms with Crippen molar-refractivity contribution in [3.05, 3.63) is 69.9 Å². The van der Waals surface area contributed by atoms with Crippen LogP contribution in [0.25, 0.3) is 5.69 Å². The molecule has 1 aromatic carbocycles. The first-order valence-electron chi connectivity index (χ1n) is 10.1. The molecule has 1 unspecified atom stereocenters. The van der Waals surface area contributed by atoms with Crippen LogP contribution in [0.1, 0.15) is 46.7 Å². The van der Waals surface area contributed by atoms with Gasteiger partial charge in [0, 0.05) is 11.4 Å². The first kappa shape index (κ1) is 19.8. The average molecular weight is 413 g/mol. The molecular weight excluding hydrogens is 387 g/mol. The summed E-state index contributed by atoms with van der Waals surface area (Å²) in [5, 5.41) is 9.60. The Morgan fingerprint density at radius 3 is 2.66 bits per heavy atom. The predicted molar refractivity (Wildman–Crippen MR) is 113 cm³/mol. The first-order valence-corrected chi connectivity index (χ1v) is 10.9. The molecule has 1 fully saturated rings. The molecule has 0 radical (unpaired) electrons. The minimum atomic E-state index is -0.293. The lowest BCUT2D eigenvalue weighted by Crippen LogP contribution is -2.36. The van der Waals surface area contributed by atoms with Gasteiger partial charge in [-0.15, -0.1) is 11.3 Å². The normalized spacial score (nSPS) is 15.5. The van der Waals surface area contributed by atoms with Crippen molar-refractivity contribution in [2.75, 3.05) is 19.6 Å². The smallest absolute Gasteiger partial charge is 0.254 e. The molecule has 1 N–H and O–H groups in total. The summed E-state index contributed by atoms with van der Waals surface area (Å²) in [6.07, 6.45) is 4.68. The zero-order valence-electron chi connectivity index (χ0n) is 16.5. The first-order chi connectivity index (χ1) is 14.2. The number of thiophene rings is 1. The van der Waals surface area contributed by atoms with E-state index in [0.717, 1.165) is 24.5 Å². The van der Waals surface area contributed by atoms with Gasteiger partial charge in [-0.25, -0.2) is 9.07 Å². The molecular formula is C22H25FN4OS. The number of benzene rings is 1. The Labute approximate surface area is 174 Å². The van der Waals surface area contributed by atoms with Crippen LogP contribution in [0, 0.1) is 5.82 Å². The van der Waals surface area contributed by atoms with Crippen LogP contribution in [-0.4, -0.2) is 40.2 Å². The van der Waals surface area contributed by atoms with E-state index in [4.69, 9.17) is 0 Å². The zero-order chi connectivity index (χ0) is 20.2. The number of likely N-dealkylation sites (tertiary alicyclic amines) is 1. The number of nitrogens with one attached hydrogen (secondary N) is 1. The van der Waals surface area contributed by atoms with Crippen molar-refractivity contribution in [1.82, 2.24) is 20.0 Å². The fourth-order valence-electron chi connectivity index (χ4n) is 3.94. The van der Waals surface area contributed by atoms with Gasteiger partial charge in [0.15, 0.2) is 0 Å². The van der Waals surface area contributed by atoms with E-state index in [-0.39, 0.29) is 17.8 Å². The lowest BCUT2D eigenvalue weighted by Gasteiger charge is -2.26. The molecule has 1 saturated heterocycles. The average Bonchev–Trinajstić information content (AvgIpc) is 3.50. The maximum atomic E-state index is 13.2. The SMILES string of the molecule is CCc1c(C(=O)NCC(c2cccs2)N2CCCC2)cnn1-c1ccc(F)cc1. The van der Waals surface area contributed by atoms with Crippen LogP contribution >= 0.6 is 11.3 Å². The van der Waals surface area contributed by atoms with Gasteiger partial charge in [0.25, 0.3) is 5.91 Å². The van der Waals surface area contributed by atoms with E-state index < -0.39 is 0 Å². The maximum Gasteiger partial charge on any atom is 0.254 e. The molecule has 29 heavy (non-hydrogen) atoms. The molecule has 7 heteroatoms. The van der Waals surface area contributed by atoms with Gasteiger partial charge < -0.3 is 5.32 Å². The number of aromatic nitrogens is 2. The second kappa shape index (κ2) is 8.88. The fraction of sp³-hybridized carbons (Fsp3) is 0.364. The van der Waals surface area contributed by atoms with Gasteiger partial charge in [-0.05, 0) is 68.1 Å². The van der Waals surface area contributed by atoms with E-state index in [1.165, 1.54) is 29.9 Å². The molecule has 152 valence electrons. The molecule has 1 amide bonds. The van der Waals surface area contributed by atoms with Gasteiger partial charge in [0.2, 0.25) is 0 Å². The summed E-state index contributed by atoms with van der Waals surface area (Å²) in [4.78, 5) is 16.7. The van der Waals surface area contributed by atoms with Crippen molar-refractivity contribution in [2.24, 2.45) is 0 Å². The molecule has 3 aromatic rings. The Bertz CT molecular complexity index is 946. The van der Waals surface area contributed by atoms with Crippen molar-refractivity contribution in [1.29, 1.82) is 0 Å². The number of halogens is 1. The van der Waals surface area contributed by atoms with Crippen molar-refractivity contribution in [3.63, 3.8) is 0 Å². The third-order valence-electron chi connectivity index (χ3n) is 5.43. The van der Waals surface area contributed by atoms with Gasteiger partial charge in [0.05, 0.1) is 29.2 Å². The summed E-state index contributed by atoms with van der Waals surface area (Å²) in [5.74, 6) is -0.408. The lowest BCUT2D eigenvalue weighted by atomic mass is 10.1. The summed E-state index contributed by atoms with van der Waals surface area (Å²) >= 11 is 1.74. The van der Waals surface area contributed by atoms with Gasteiger partial charge in [-0.1, -0.05) is 13.0 Å². The Kier molecular flexibility index (Phi) is 6.06. The topological polar surface area (TPSA) is 50.2 Å². The van der Waals surface area contributed by atoms with E-state index in [9.17, 15) is 9.18 Å². The highest BCUT2D eigenvalue weighted by atomic mass is 32.1. The van der Waals surface area contributed by atoms with E-state index in [2.05, 4.69) is 32.8 Å². The van der Waals surface area contributed by atoms with E-state index >= 15 is 0 Å². The zero-order valence-corrected chi connectivity index (χ0v) is 17.3. The van der Waals surface area contributed by atoms with Gasteiger partial charge in [0.1, 0.15) is 5.82 Å². The van der Waals surface area contributed by atoms with Crippen LogP contribution in [-0.2, 0) is 6.42 Å². The third-order valence-corrected chi connectivity index (χ3v) is 6.40. The Balaban J connectivity index is 1.51. The van der Waals surface area contributed by atoms with Crippen molar-refractivity contribution >= 4 is 17.2 Å². The molecule has 2 aromatic heterocycles. The summed E-state index contributed by atoms with van der Waals surface area (Å²) in [6, 6.07) is 10.6. The maximum absolute atomic E-state index is 13.2. The number of hydrogen-bond donors (Lipinski definition) is 1. The van der Waals surface area contributed by atoms with Crippen molar-refractivity contribution in [2.45, 2.75) is 32.2 Å². The molecule has 0 bridgehead atoms. The minimum absolute atomic E-state index is 0.115. The monoisotopic (exact) mass is 412 g/mol. The highest BCUT2D eigenvalue weighted by molar-refractivity contribution is 7.10. The Morgan fingerprint density at radius 1 is 1.24 bits per heavy atom. The molecule has 1 aliphatic rings. The lowest BCUT2D eigenvalue weighted by molar-refractivity contribution is 0.0937. The number of carbonyl (C=O) groups is 1.